The summed E-state index contributed by atoms with van der Waals surface area (Å²) in [6.07, 6.45) is 1.87. The highest BCUT2D eigenvalue weighted by Crippen LogP contribution is 2.23. The van der Waals surface area contributed by atoms with E-state index in [2.05, 4.69) is 54.6 Å². The molecule has 94 valence electrons. The van der Waals surface area contributed by atoms with Gasteiger partial charge in [-0.25, -0.2) is 4.98 Å². The maximum atomic E-state index is 4.43. The van der Waals surface area contributed by atoms with Gasteiger partial charge < -0.3 is 4.90 Å². The maximum Gasteiger partial charge on any atom is 0.128 e. The SMILES string of the molecule is CC1CN(c2ccccn2)CCN1C(C)(C)C. The number of aromatic nitrogens is 1. The number of rotatable bonds is 1. The molecular formula is C14H23N3. The average molecular weight is 233 g/mol. The van der Waals surface area contributed by atoms with Crippen molar-refractivity contribution in [3.05, 3.63) is 24.4 Å². The Morgan fingerprint density at radius 1 is 1.24 bits per heavy atom. The molecule has 0 N–H and O–H groups in total. The lowest BCUT2D eigenvalue weighted by Crippen LogP contribution is -2.58. The maximum absolute atomic E-state index is 4.43. The second kappa shape index (κ2) is 4.65. The Hall–Kier alpha value is -1.09. The molecule has 1 saturated heterocycles. The molecule has 3 heteroatoms. The Labute approximate surface area is 104 Å². The minimum atomic E-state index is 0.260. The van der Waals surface area contributed by atoms with E-state index in [1.807, 2.05) is 12.3 Å². The van der Waals surface area contributed by atoms with Crippen molar-refractivity contribution >= 4 is 5.82 Å². The highest BCUT2D eigenvalue weighted by Gasteiger charge is 2.31. The molecule has 1 atom stereocenters. The first kappa shape index (κ1) is 12.4. The molecule has 1 aromatic rings. The van der Waals surface area contributed by atoms with E-state index < -0.39 is 0 Å². The minimum Gasteiger partial charge on any atom is -0.354 e. The molecule has 3 nitrogen and oxygen atoms in total. The molecule has 1 fully saturated rings. The third-order valence-corrected chi connectivity index (χ3v) is 3.46. The molecule has 0 radical (unpaired) electrons. The van der Waals surface area contributed by atoms with Crippen LogP contribution in [0.3, 0.4) is 0 Å². The van der Waals surface area contributed by atoms with Gasteiger partial charge in [-0.1, -0.05) is 6.07 Å². The first-order chi connectivity index (χ1) is 7.98. The van der Waals surface area contributed by atoms with Crippen LogP contribution >= 0.6 is 0 Å². The molecule has 0 aromatic carbocycles. The Balaban J connectivity index is 2.05. The van der Waals surface area contributed by atoms with Gasteiger partial charge >= 0.3 is 0 Å². The first-order valence-corrected chi connectivity index (χ1v) is 6.41. The number of hydrogen-bond acceptors (Lipinski definition) is 3. The molecule has 0 saturated carbocycles. The van der Waals surface area contributed by atoms with Gasteiger partial charge in [0.2, 0.25) is 0 Å². The van der Waals surface area contributed by atoms with Crippen LogP contribution in [0, 0.1) is 0 Å². The van der Waals surface area contributed by atoms with E-state index in [1.54, 1.807) is 0 Å². The van der Waals surface area contributed by atoms with Gasteiger partial charge in [-0.15, -0.1) is 0 Å². The van der Waals surface area contributed by atoms with Crippen LogP contribution in [0.1, 0.15) is 27.7 Å². The summed E-state index contributed by atoms with van der Waals surface area (Å²) in [5.74, 6) is 1.10. The topological polar surface area (TPSA) is 19.4 Å². The van der Waals surface area contributed by atoms with E-state index in [0.29, 0.717) is 6.04 Å². The number of hydrogen-bond donors (Lipinski definition) is 0. The summed E-state index contributed by atoms with van der Waals surface area (Å²) in [7, 11) is 0. The highest BCUT2D eigenvalue weighted by atomic mass is 15.3. The zero-order valence-corrected chi connectivity index (χ0v) is 11.3. The molecule has 0 aliphatic carbocycles. The molecule has 17 heavy (non-hydrogen) atoms. The summed E-state index contributed by atoms with van der Waals surface area (Å²) >= 11 is 0. The molecule has 2 heterocycles. The van der Waals surface area contributed by atoms with E-state index >= 15 is 0 Å². The minimum absolute atomic E-state index is 0.260. The van der Waals surface area contributed by atoms with Crippen LogP contribution in [0.4, 0.5) is 5.82 Å². The summed E-state index contributed by atoms with van der Waals surface area (Å²) in [6.45, 7) is 12.4. The fourth-order valence-corrected chi connectivity index (χ4v) is 2.70. The zero-order chi connectivity index (χ0) is 12.5. The second-order valence-electron chi connectivity index (χ2n) is 5.85. The standard InChI is InChI=1S/C14H23N3/c1-12-11-16(13-7-5-6-8-15-13)9-10-17(12)14(2,3)4/h5-8,12H,9-11H2,1-4H3. The van der Waals surface area contributed by atoms with Crippen LogP contribution in [0.25, 0.3) is 0 Å². The fourth-order valence-electron chi connectivity index (χ4n) is 2.70. The van der Waals surface area contributed by atoms with Gasteiger partial charge in [-0.2, -0.15) is 0 Å². The Morgan fingerprint density at radius 2 is 2.00 bits per heavy atom. The zero-order valence-electron chi connectivity index (χ0n) is 11.3. The van der Waals surface area contributed by atoms with Gasteiger partial charge in [-0.05, 0) is 39.8 Å². The monoisotopic (exact) mass is 233 g/mol. The number of anilines is 1. The fraction of sp³-hybridized carbons (Fsp3) is 0.643. The van der Waals surface area contributed by atoms with Gasteiger partial charge in [0, 0.05) is 37.4 Å². The lowest BCUT2D eigenvalue weighted by Gasteiger charge is -2.47. The molecule has 0 amide bonds. The molecule has 1 unspecified atom stereocenters. The Morgan fingerprint density at radius 3 is 2.53 bits per heavy atom. The van der Waals surface area contributed by atoms with Crippen molar-refractivity contribution < 1.29 is 0 Å². The smallest absolute Gasteiger partial charge is 0.128 e. The molecule has 1 aromatic heterocycles. The van der Waals surface area contributed by atoms with Gasteiger partial charge in [0.1, 0.15) is 5.82 Å². The van der Waals surface area contributed by atoms with Crippen molar-refractivity contribution in [3.8, 4) is 0 Å². The van der Waals surface area contributed by atoms with Crippen LogP contribution in [0.5, 0.6) is 0 Å². The van der Waals surface area contributed by atoms with Crippen molar-refractivity contribution in [2.75, 3.05) is 24.5 Å². The molecule has 0 spiro atoms. The van der Waals surface area contributed by atoms with E-state index in [0.717, 1.165) is 25.5 Å². The van der Waals surface area contributed by atoms with Gasteiger partial charge in [0.25, 0.3) is 0 Å². The van der Waals surface area contributed by atoms with Crippen molar-refractivity contribution in [1.29, 1.82) is 0 Å². The lowest BCUT2D eigenvalue weighted by molar-refractivity contribution is 0.0797. The largest absolute Gasteiger partial charge is 0.354 e. The van der Waals surface area contributed by atoms with Crippen LogP contribution in [0.15, 0.2) is 24.4 Å². The molecular weight excluding hydrogens is 210 g/mol. The predicted octanol–water partition coefficient (Wildman–Crippen LogP) is 2.39. The van der Waals surface area contributed by atoms with Crippen LogP contribution in [-0.4, -0.2) is 41.1 Å². The normalized spacial score (nSPS) is 22.8. The van der Waals surface area contributed by atoms with Gasteiger partial charge in [0.05, 0.1) is 0 Å². The highest BCUT2D eigenvalue weighted by molar-refractivity contribution is 5.38. The summed E-state index contributed by atoms with van der Waals surface area (Å²) in [6, 6.07) is 6.70. The molecule has 1 aliphatic rings. The summed E-state index contributed by atoms with van der Waals surface area (Å²) in [5, 5.41) is 0. The van der Waals surface area contributed by atoms with Crippen molar-refractivity contribution in [3.63, 3.8) is 0 Å². The number of nitrogens with zero attached hydrogens (tertiary/aromatic N) is 3. The average Bonchev–Trinajstić information content (AvgIpc) is 2.28. The molecule has 1 aliphatic heterocycles. The quantitative estimate of drug-likeness (QED) is 0.742. The third-order valence-electron chi connectivity index (χ3n) is 3.46. The second-order valence-corrected chi connectivity index (χ2v) is 5.85. The van der Waals surface area contributed by atoms with Crippen molar-refractivity contribution in [2.24, 2.45) is 0 Å². The summed E-state index contributed by atoms with van der Waals surface area (Å²) < 4.78 is 0. The summed E-state index contributed by atoms with van der Waals surface area (Å²) in [4.78, 5) is 9.39. The number of piperazine rings is 1. The lowest BCUT2D eigenvalue weighted by atomic mass is 10.0. The van der Waals surface area contributed by atoms with E-state index in [-0.39, 0.29) is 5.54 Å². The van der Waals surface area contributed by atoms with Gasteiger partial charge in [-0.3, -0.25) is 4.90 Å². The van der Waals surface area contributed by atoms with Crippen molar-refractivity contribution in [2.45, 2.75) is 39.3 Å². The third kappa shape index (κ3) is 2.78. The van der Waals surface area contributed by atoms with Crippen LogP contribution < -0.4 is 4.90 Å². The number of pyridine rings is 1. The van der Waals surface area contributed by atoms with E-state index in [4.69, 9.17) is 0 Å². The van der Waals surface area contributed by atoms with E-state index in [1.165, 1.54) is 0 Å². The van der Waals surface area contributed by atoms with Crippen LogP contribution in [-0.2, 0) is 0 Å². The van der Waals surface area contributed by atoms with E-state index in [9.17, 15) is 0 Å². The Bertz CT molecular complexity index is 355. The Kier molecular flexibility index (Phi) is 3.38. The molecule has 0 bridgehead atoms. The summed E-state index contributed by atoms with van der Waals surface area (Å²) in [5.41, 5.74) is 0.260. The van der Waals surface area contributed by atoms with Gasteiger partial charge in [0.15, 0.2) is 0 Å². The van der Waals surface area contributed by atoms with Crippen LogP contribution in [0.2, 0.25) is 0 Å². The molecule has 2 rings (SSSR count). The van der Waals surface area contributed by atoms with Crippen molar-refractivity contribution in [1.82, 2.24) is 9.88 Å². The predicted molar refractivity (Wildman–Crippen MR) is 72.4 cm³/mol. The first-order valence-electron chi connectivity index (χ1n) is 6.41.